The Bertz CT molecular complexity index is 651. The van der Waals surface area contributed by atoms with Crippen LogP contribution in [0.5, 0.6) is 0 Å². The van der Waals surface area contributed by atoms with Crippen molar-refractivity contribution in [1.82, 2.24) is 9.21 Å². The van der Waals surface area contributed by atoms with Crippen molar-refractivity contribution in [2.75, 3.05) is 26.7 Å². The van der Waals surface area contributed by atoms with Crippen LogP contribution in [-0.4, -0.2) is 56.0 Å². The molecule has 0 N–H and O–H groups in total. The molecule has 22 heavy (non-hydrogen) atoms. The number of likely N-dealkylation sites (N-methyl/N-ethyl adjacent to an activating group) is 2. The summed E-state index contributed by atoms with van der Waals surface area (Å²) in [5.74, 6) is -0.460. The van der Waals surface area contributed by atoms with Gasteiger partial charge in [0.1, 0.15) is 0 Å². The number of carbonyl (C=O) groups is 2. The van der Waals surface area contributed by atoms with Crippen LogP contribution in [0.1, 0.15) is 31.1 Å². The average molecular weight is 326 g/mol. The molecule has 0 spiro atoms. The zero-order valence-electron chi connectivity index (χ0n) is 13.4. The highest BCUT2D eigenvalue weighted by Crippen LogP contribution is 2.16. The Hall–Kier alpha value is -1.73. The zero-order valence-corrected chi connectivity index (χ0v) is 14.2. The maximum atomic E-state index is 12.5. The second-order valence-corrected chi connectivity index (χ2v) is 6.96. The summed E-state index contributed by atoms with van der Waals surface area (Å²) in [4.78, 5) is 25.0. The molecule has 6 nitrogen and oxygen atoms in total. The van der Waals surface area contributed by atoms with Gasteiger partial charge < -0.3 is 4.90 Å². The van der Waals surface area contributed by atoms with Gasteiger partial charge in [-0.05, 0) is 32.9 Å². The third kappa shape index (κ3) is 4.14. The van der Waals surface area contributed by atoms with E-state index in [2.05, 4.69) is 0 Å². The number of benzene rings is 1. The van der Waals surface area contributed by atoms with E-state index < -0.39 is 10.0 Å². The molecular formula is C15H22N2O4S. The van der Waals surface area contributed by atoms with Gasteiger partial charge >= 0.3 is 0 Å². The van der Waals surface area contributed by atoms with Crippen molar-refractivity contribution in [3.8, 4) is 0 Å². The summed E-state index contributed by atoms with van der Waals surface area (Å²) >= 11 is 0. The van der Waals surface area contributed by atoms with Crippen molar-refractivity contribution < 1.29 is 18.0 Å². The van der Waals surface area contributed by atoms with Crippen molar-refractivity contribution in [3.05, 3.63) is 29.8 Å². The Morgan fingerprint density at radius 2 is 1.73 bits per heavy atom. The number of carbonyl (C=O) groups excluding carboxylic acids is 2. The fraction of sp³-hybridized carbons (Fsp3) is 0.467. The molecule has 1 amide bonds. The van der Waals surface area contributed by atoms with Crippen LogP contribution in [0, 0.1) is 0 Å². The van der Waals surface area contributed by atoms with Crippen LogP contribution >= 0.6 is 0 Å². The van der Waals surface area contributed by atoms with Crippen LogP contribution in [0.15, 0.2) is 29.2 Å². The molecule has 122 valence electrons. The summed E-state index contributed by atoms with van der Waals surface area (Å²) in [7, 11) is -2.45. The smallest absolute Gasteiger partial charge is 0.243 e. The second-order valence-electron chi connectivity index (χ2n) is 4.91. The highest BCUT2D eigenvalue weighted by molar-refractivity contribution is 7.89. The van der Waals surface area contributed by atoms with Gasteiger partial charge in [-0.2, -0.15) is 4.31 Å². The molecule has 0 fully saturated rings. The summed E-state index contributed by atoms with van der Waals surface area (Å²) in [6.45, 7) is 5.89. The number of Topliss-reactive ketones (excluding diaryl/α,β-unsaturated/α-hetero) is 1. The molecule has 0 unspecified atom stereocenters. The van der Waals surface area contributed by atoms with Crippen LogP contribution in [0.3, 0.4) is 0 Å². The predicted molar refractivity (Wildman–Crippen MR) is 84.2 cm³/mol. The topological polar surface area (TPSA) is 74.8 Å². The lowest BCUT2D eigenvalue weighted by Crippen LogP contribution is -2.41. The number of hydrogen-bond donors (Lipinski definition) is 0. The first-order valence-corrected chi connectivity index (χ1v) is 8.53. The Kier molecular flexibility index (Phi) is 6.25. The Labute approximate surface area is 131 Å². The van der Waals surface area contributed by atoms with Crippen LogP contribution in [0.4, 0.5) is 0 Å². The molecule has 1 aromatic rings. The van der Waals surface area contributed by atoms with Crippen LogP contribution < -0.4 is 0 Å². The third-order valence-corrected chi connectivity index (χ3v) is 5.22. The molecule has 0 radical (unpaired) electrons. The monoisotopic (exact) mass is 326 g/mol. The quantitative estimate of drug-likeness (QED) is 0.710. The molecule has 0 aromatic heterocycles. The average Bonchev–Trinajstić information content (AvgIpc) is 2.48. The van der Waals surface area contributed by atoms with Gasteiger partial charge in [0.25, 0.3) is 0 Å². The Morgan fingerprint density at radius 3 is 2.23 bits per heavy atom. The first-order chi connectivity index (χ1) is 10.2. The van der Waals surface area contributed by atoms with Crippen LogP contribution in [0.2, 0.25) is 0 Å². The van der Waals surface area contributed by atoms with Gasteiger partial charge in [-0.25, -0.2) is 8.42 Å². The van der Waals surface area contributed by atoms with Gasteiger partial charge in [0.2, 0.25) is 15.9 Å². The minimum absolute atomic E-state index is 0.00930. The number of rotatable bonds is 7. The van der Waals surface area contributed by atoms with E-state index in [4.69, 9.17) is 0 Å². The zero-order chi connectivity index (χ0) is 16.9. The second kappa shape index (κ2) is 7.51. The van der Waals surface area contributed by atoms with Crippen molar-refractivity contribution in [2.24, 2.45) is 0 Å². The van der Waals surface area contributed by atoms with Crippen LogP contribution in [0.25, 0.3) is 0 Å². The van der Waals surface area contributed by atoms with Crippen molar-refractivity contribution in [1.29, 1.82) is 0 Å². The maximum absolute atomic E-state index is 12.5. The molecule has 0 aliphatic carbocycles. The van der Waals surface area contributed by atoms with Crippen molar-refractivity contribution >= 4 is 21.7 Å². The fourth-order valence-corrected chi connectivity index (χ4v) is 3.17. The van der Waals surface area contributed by atoms with Crippen molar-refractivity contribution in [2.45, 2.75) is 25.7 Å². The van der Waals surface area contributed by atoms with E-state index in [0.29, 0.717) is 18.7 Å². The van der Waals surface area contributed by atoms with Gasteiger partial charge in [0, 0.05) is 25.7 Å². The number of amides is 1. The van der Waals surface area contributed by atoms with E-state index >= 15 is 0 Å². The molecule has 0 saturated heterocycles. The van der Waals surface area contributed by atoms with Gasteiger partial charge in [-0.15, -0.1) is 0 Å². The minimum atomic E-state index is -3.81. The molecule has 0 saturated carbocycles. The first kappa shape index (κ1) is 18.3. The maximum Gasteiger partial charge on any atom is 0.243 e. The standard InChI is InChI=1S/C15H22N2O4S/c1-5-17(6-2)15(19)11-16(4)22(20,21)14-9-7-8-13(10-14)12(3)18/h7-10H,5-6,11H2,1-4H3. The number of ketones is 1. The third-order valence-electron chi connectivity index (χ3n) is 3.42. The first-order valence-electron chi connectivity index (χ1n) is 7.09. The SMILES string of the molecule is CCN(CC)C(=O)CN(C)S(=O)(=O)c1cccc(C(C)=O)c1. The highest BCUT2D eigenvalue weighted by Gasteiger charge is 2.24. The number of hydrogen-bond acceptors (Lipinski definition) is 4. The molecule has 1 rings (SSSR count). The van der Waals surface area contributed by atoms with E-state index in [-0.39, 0.29) is 23.1 Å². The van der Waals surface area contributed by atoms with Gasteiger partial charge in [0.05, 0.1) is 11.4 Å². The lowest BCUT2D eigenvalue weighted by Gasteiger charge is -2.23. The van der Waals surface area contributed by atoms with Gasteiger partial charge in [-0.1, -0.05) is 12.1 Å². The highest BCUT2D eigenvalue weighted by atomic mass is 32.2. The number of nitrogens with zero attached hydrogens (tertiary/aromatic N) is 2. The number of sulfonamides is 1. The largest absolute Gasteiger partial charge is 0.342 e. The Morgan fingerprint density at radius 1 is 1.14 bits per heavy atom. The van der Waals surface area contributed by atoms with E-state index in [1.165, 1.54) is 32.2 Å². The fourth-order valence-electron chi connectivity index (χ4n) is 2.01. The lowest BCUT2D eigenvalue weighted by atomic mass is 10.2. The normalized spacial score (nSPS) is 11.5. The summed E-state index contributed by atoms with van der Waals surface area (Å²) in [5.41, 5.74) is 0.324. The molecule has 7 heteroatoms. The van der Waals surface area contributed by atoms with Crippen molar-refractivity contribution in [3.63, 3.8) is 0 Å². The summed E-state index contributed by atoms with van der Waals surface area (Å²) in [6.07, 6.45) is 0. The van der Waals surface area contributed by atoms with Gasteiger partial charge in [0.15, 0.2) is 5.78 Å². The summed E-state index contributed by atoms with van der Waals surface area (Å²) in [6, 6.07) is 5.82. The van der Waals surface area contributed by atoms with E-state index in [0.717, 1.165) is 4.31 Å². The molecule has 1 aromatic carbocycles. The minimum Gasteiger partial charge on any atom is -0.342 e. The molecule has 0 aliphatic rings. The van der Waals surface area contributed by atoms with E-state index in [1.54, 1.807) is 11.0 Å². The lowest BCUT2D eigenvalue weighted by molar-refractivity contribution is -0.130. The molecule has 0 aliphatic heterocycles. The summed E-state index contributed by atoms with van der Waals surface area (Å²) in [5, 5.41) is 0. The van der Waals surface area contributed by atoms with Gasteiger partial charge in [-0.3, -0.25) is 9.59 Å². The molecular weight excluding hydrogens is 304 g/mol. The van der Waals surface area contributed by atoms with Crippen LogP contribution in [-0.2, 0) is 14.8 Å². The van der Waals surface area contributed by atoms with E-state index in [1.807, 2.05) is 13.8 Å². The molecule has 0 atom stereocenters. The molecule has 0 heterocycles. The summed E-state index contributed by atoms with van der Waals surface area (Å²) < 4.78 is 26.0. The molecule has 0 bridgehead atoms. The Balaban J connectivity index is 3.01. The van der Waals surface area contributed by atoms with E-state index in [9.17, 15) is 18.0 Å². The predicted octanol–water partition coefficient (Wildman–Crippen LogP) is 1.38.